The van der Waals surface area contributed by atoms with E-state index in [0.717, 1.165) is 18.6 Å². The Hall–Kier alpha value is -0.960. The highest BCUT2D eigenvalue weighted by molar-refractivity contribution is 8.12. The molecule has 0 atom stereocenters. The fourth-order valence-electron chi connectivity index (χ4n) is 1.65. The van der Waals surface area contributed by atoms with Gasteiger partial charge in [0.15, 0.2) is 5.12 Å². The highest BCUT2D eigenvalue weighted by Gasteiger charge is 2.03. The van der Waals surface area contributed by atoms with Gasteiger partial charge in [-0.1, -0.05) is 43.7 Å². The predicted molar refractivity (Wildman–Crippen MR) is 81.2 cm³/mol. The Morgan fingerprint density at radius 3 is 2.39 bits per heavy atom. The summed E-state index contributed by atoms with van der Waals surface area (Å²) >= 11 is 1.44. The molecule has 2 nitrogen and oxygen atoms in total. The molecule has 0 aliphatic heterocycles. The number of anilines is 1. The summed E-state index contributed by atoms with van der Waals surface area (Å²) in [5.41, 5.74) is 2.41. The fraction of sp³-hybridized carbons (Fsp3) is 0.533. The van der Waals surface area contributed by atoms with Crippen molar-refractivity contribution in [2.75, 3.05) is 19.0 Å². The number of rotatable bonds is 7. The number of carbonyl (C=O) groups is 1. The molecular formula is C15H23NOS. The van der Waals surface area contributed by atoms with E-state index < -0.39 is 0 Å². The van der Waals surface area contributed by atoms with Gasteiger partial charge in [-0.2, -0.15) is 0 Å². The van der Waals surface area contributed by atoms with Gasteiger partial charge in [0.05, 0.1) is 0 Å². The van der Waals surface area contributed by atoms with E-state index in [1.54, 1.807) is 0 Å². The Kier molecular flexibility index (Phi) is 6.88. The van der Waals surface area contributed by atoms with Crippen molar-refractivity contribution in [2.24, 2.45) is 0 Å². The summed E-state index contributed by atoms with van der Waals surface area (Å²) in [7, 11) is 4.06. The molecule has 0 aromatic heterocycles. The summed E-state index contributed by atoms with van der Waals surface area (Å²) < 4.78 is 0. The topological polar surface area (TPSA) is 20.3 Å². The van der Waals surface area contributed by atoms with Crippen molar-refractivity contribution < 1.29 is 4.79 Å². The molecule has 0 aliphatic rings. The van der Waals surface area contributed by atoms with Gasteiger partial charge in [-0.25, -0.2) is 0 Å². The van der Waals surface area contributed by atoms with Gasteiger partial charge >= 0.3 is 0 Å². The molecule has 0 fully saturated rings. The monoisotopic (exact) mass is 265 g/mol. The number of unbranched alkanes of at least 4 members (excludes halogenated alkanes) is 2. The van der Waals surface area contributed by atoms with Gasteiger partial charge < -0.3 is 4.90 Å². The number of benzene rings is 1. The second-order valence-electron chi connectivity index (χ2n) is 4.68. The van der Waals surface area contributed by atoms with Gasteiger partial charge in [0.1, 0.15) is 0 Å². The van der Waals surface area contributed by atoms with Gasteiger partial charge in [-0.15, -0.1) is 0 Å². The van der Waals surface area contributed by atoms with Crippen molar-refractivity contribution >= 4 is 22.6 Å². The van der Waals surface area contributed by atoms with Crippen LogP contribution in [0.4, 0.5) is 5.69 Å². The van der Waals surface area contributed by atoms with E-state index in [9.17, 15) is 4.79 Å². The average Bonchev–Trinajstić information content (AvgIpc) is 2.37. The molecule has 0 aliphatic carbocycles. The van der Waals surface area contributed by atoms with Crippen LogP contribution >= 0.6 is 11.8 Å². The number of hydrogen-bond acceptors (Lipinski definition) is 3. The van der Waals surface area contributed by atoms with Crippen LogP contribution in [0.15, 0.2) is 24.3 Å². The average molecular weight is 265 g/mol. The molecule has 0 radical (unpaired) electrons. The third-order valence-corrected chi connectivity index (χ3v) is 3.84. The Bertz CT molecular complexity index is 359. The maximum atomic E-state index is 11.6. The highest BCUT2D eigenvalue weighted by atomic mass is 32.2. The van der Waals surface area contributed by atoms with Crippen LogP contribution in [-0.4, -0.2) is 19.2 Å². The van der Waals surface area contributed by atoms with Crippen molar-refractivity contribution in [1.82, 2.24) is 0 Å². The lowest BCUT2D eigenvalue weighted by Crippen LogP contribution is -2.08. The number of hydrogen-bond donors (Lipinski definition) is 0. The van der Waals surface area contributed by atoms with Crippen LogP contribution in [0.1, 0.15) is 38.2 Å². The largest absolute Gasteiger partial charge is 0.378 e. The first-order valence-electron chi connectivity index (χ1n) is 6.55. The fourth-order valence-corrected chi connectivity index (χ4v) is 2.45. The van der Waals surface area contributed by atoms with Crippen LogP contribution in [-0.2, 0) is 10.5 Å². The van der Waals surface area contributed by atoms with Gasteiger partial charge in [0, 0.05) is 32.0 Å². The van der Waals surface area contributed by atoms with Crippen molar-refractivity contribution in [3.05, 3.63) is 29.8 Å². The molecule has 0 saturated carbocycles. The summed E-state index contributed by atoms with van der Waals surface area (Å²) in [4.78, 5) is 13.7. The predicted octanol–water partition coefficient (Wildman–Crippen LogP) is 4.09. The maximum Gasteiger partial charge on any atom is 0.189 e. The molecule has 0 heterocycles. The third-order valence-electron chi connectivity index (χ3n) is 2.84. The van der Waals surface area contributed by atoms with Gasteiger partial charge in [0.25, 0.3) is 0 Å². The van der Waals surface area contributed by atoms with Crippen LogP contribution in [0, 0.1) is 0 Å². The Balaban J connectivity index is 2.32. The van der Waals surface area contributed by atoms with Gasteiger partial charge in [-0.05, 0) is 24.1 Å². The Morgan fingerprint density at radius 1 is 1.17 bits per heavy atom. The lowest BCUT2D eigenvalue weighted by Gasteiger charge is -2.12. The van der Waals surface area contributed by atoms with Crippen LogP contribution < -0.4 is 4.90 Å². The first-order valence-corrected chi connectivity index (χ1v) is 7.54. The Morgan fingerprint density at radius 2 is 1.83 bits per heavy atom. The minimum Gasteiger partial charge on any atom is -0.378 e. The molecule has 0 saturated heterocycles. The SMILES string of the molecule is CCCCCC(=O)SCc1ccc(N(C)C)cc1. The van der Waals surface area contributed by atoms with E-state index in [1.165, 1.54) is 29.4 Å². The van der Waals surface area contributed by atoms with E-state index in [-0.39, 0.29) is 0 Å². The molecule has 0 unspecified atom stereocenters. The zero-order valence-electron chi connectivity index (χ0n) is 11.6. The maximum absolute atomic E-state index is 11.6. The zero-order chi connectivity index (χ0) is 13.4. The van der Waals surface area contributed by atoms with Crippen molar-refractivity contribution in [1.29, 1.82) is 0 Å². The molecule has 0 N–H and O–H groups in total. The van der Waals surface area contributed by atoms with Crippen molar-refractivity contribution in [3.8, 4) is 0 Å². The second kappa shape index (κ2) is 8.20. The highest BCUT2D eigenvalue weighted by Crippen LogP contribution is 2.19. The molecule has 18 heavy (non-hydrogen) atoms. The normalized spacial score (nSPS) is 10.4. The Labute approximate surface area is 115 Å². The first kappa shape index (κ1) is 15.1. The smallest absolute Gasteiger partial charge is 0.189 e. The van der Waals surface area contributed by atoms with Crippen LogP contribution in [0.25, 0.3) is 0 Å². The summed E-state index contributed by atoms with van der Waals surface area (Å²) in [6.45, 7) is 2.16. The van der Waals surface area contributed by atoms with Crippen molar-refractivity contribution in [3.63, 3.8) is 0 Å². The molecule has 0 spiro atoms. The molecule has 0 bridgehead atoms. The summed E-state index contributed by atoms with van der Waals surface area (Å²) in [6.07, 6.45) is 4.07. The van der Waals surface area contributed by atoms with E-state index in [2.05, 4.69) is 36.1 Å². The molecule has 1 aromatic rings. The lowest BCUT2D eigenvalue weighted by atomic mass is 10.2. The van der Waals surface area contributed by atoms with E-state index >= 15 is 0 Å². The number of carbonyl (C=O) groups excluding carboxylic acids is 1. The minimum atomic E-state index is 0.320. The van der Waals surface area contributed by atoms with Gasteiger partial charge in [0.2, 0.25) is 0 Å². The third kappa shape index (κ3) is 5.58. The summed E-state index contributed by atoms with van der Waals surface area (Å²) in [6, 6.07) is 8.39. The van der Waals surface area contributed by atoms with Crippen LogP contribution in [0.5, 0.6) is 0 Å². The van der Waals surface area contributed by atoms with Crippen LogP contribution in [0.2, 0.25) is 0 Å². The standard InChI is InChI=1S/C15H23NOS/c1-4-5-6-7-15(17)18-12-13-8-10-14(11-9-13)16(2)3/h8-11H,4-7,12H2,1-3H3. The first-order chi connectivity index (χ1) is 8.63. The molecular weight excluding hydrogens is 242 g/mol. The molecule has 3 heteroatoms. The van der Waals surface area contributed by atoms with Crippen molar-refractivity contribution in [2.45, 2.75) is 38.4 Å². The summed E-state index contributed by atoms with van der Waals surface area (Å²) in [5, 5.41) is 0.320. The zero-order valence-corrected chi connectivity index (χ0v) is 12.4. The van der Waals surface area contributed by atoms with Crippen LogP contribution in [0.3, 0.4) is 0 Å². The minimum absolute atomic E-state index is 0.320. The second-order valence-corrected chi connectivity index (χ2v) is 5.71. The quantitative estimate of drug-likeness (QED) is 0.692. The van der Waals surface area contributed by atoms with E-state index in [4.69, 9.17) is 0 Å². The molecule has 100 valence electrons. The van der Waals surface area contributed by atoms with E-state index in [1.807, 2.05) is 14.1 Å². The number of thioether (sulfide) groups is 1. The van der Waals surface area contributed by atoms with E-state index in [0.29, 0.717) is 11.5 Å². The lowest BCUT2D eigenvalue weighted by molar-refractivity contribution is -0.111. The molecule has 1 aromatic carbocycles. The molecule has 1 rings (SSSR count). The number of nitrogens with zero attached hydrogens (tertiary/aromatic N) is 1. The van der Waals surface area contributed by atoms with Gasteiger partial charge in [-0.3, -0.25) is 4.79 Å². The summed E-state index contributed by atoms with van der Waals surface area (Å²) in [5.74, 6) is 0.790. The molecule has 0 amide bonds.